The highest BCUT2D eigenvalue weighted by Gasteiger charge is 2.32. The third-order valence-corrected chi connectivity index (χ3v) is 6.51. The SMILES string of the molecule is NC(=O)c1c(F)cc(N2CNc3ncc(C(=O)O)cc32)c(NS(=O)(=O)c2ccc(OC(F)F)cc2)c1F. The van der Waals surface area contributed by atoms with Crippen LogP contribution in [0.4, 0.5) is 40.4 Å². The van der Waals surface area contributed by atoms with Gasteiger partial charge in [-0.3, -0.25) is 9.52 Å². The monoisotopic (exact) mass is 541 g/mol. The predicted molar refractivity (Wildman–Crippen MR) is 121 cm³/mol. The summed E-state index contributed by atoms with van der Waals surface area (Å²) in [5, 5.41) is 12.0. The number of carbonyl (C=O) groups is 2. The van der Waals surface area contributed by atoms with Crippen molar-refractivity contribution in [1.29, 1.82) is 0 Å². The van der Waals surface area contributed by atoms with Gasteiger partial charge >= 0.3 is 12.6 Å². The average molecular weight is 541 g/mol. The van der Waals surface area contributed by atoms with Crippen LogP contribution in [-0.2, 0) is 10.0 Å². The molecule has 0 unspecified atom stereocenters. The lowest BCUT2D eigenvalue weighted by atomic mass is 10.1. The summed E-state index contributed by atoms with van der Waals surface area (Å²) in [6.45, 7) is -3.37. The third kappa shape index (κ3) is 4.90. The Bertz CT molecular complexity index is 1520. The summed E-state index contributed by atoms with van der Waals surface area (Å²) in [5.41, 5.74) is 2.28. The maximum Gasteiger partial charge on any atom is 0.387 e. The van der Waals surface area contributed by atoms with Gasteiger partial charge in [-0.1, -0.05) is 0 Å². The minimum Gasteiger partial charge on any atom is -0.478 e. The summed E-state index contributed by atoms with van der Waals surface area (Å²) in [6.07, 6.45) is 1.04. The number of sulfonamides is 1. The number of benzene rings is 2. The summed E-state index contributed by atoms with van der Waals surface area (Å²) in [5.74, 6) is -6.13. The molecule has 1 amide bonds. The number of ether oxygens (including phenoxy) is 1. The van der Waals surface area contributed by atoms with E-state index < -0.39 is 62.0 Å². The molecule has 1 aliphatic heterocycles. The predicted octanol–water partition coefficient (Wildman–Crippen LogP) is 3.08. The Morgan fingerprint density at radius 3 is 2.43 bits per heavy atom. The highest BCUT2D eigenvalue weighted by atomic mass is 32.2. The second-order valence-electron chi connectivity index (χ2n) is 7.42. The first-order valence-corrected chi connectivity index (χ1v) is 11.5. The lowest BCUT2D eigenvalue weighted by Gasteiger charge is -2.23. The molecule has 194 valence electrons. The molecule has 4 rings (SSSR count). The molecule has 2 aromatic carbocycles. The van der Waals surface area contributed by atoms with Crippen molar-refractivity contribution < 1.29 is 45.4 Å². The molecule has 2 heterocycles. The number of amides is 1. The van der Waals surface area contributed by atoms with E-state index in [2.05, 4.69) is 15.0 Å². The number of aromatic carboxylic acids is 1. The number of aromatic nitrogens is 1. The van der Waals surface area contributed by atoms with E-state index in [0.717, 1.165) is 41.4 Å². The Hall–Kier alpha value is -4.60. The quantitative estimate of drug-likeness (QED) is 0.314. The molecule has 5 N–H and O–H groups in total. The Morgan fingerprint density at radius 2 is 1.84 bits per heavy atom. The molecule has 0 spiro atoms. The Balaban J connectivity index is 1.83. The Labute approximate surface area is 205 Å². The summed E-state index contributed by atoms with van der Waals surface area (Å²) in [6, 6.07) is 5.43. The molecule has 0 fully saturated rings. The van der Waals surface area contributed by atoms with Crippen molar-refractivity contribution in [3.05, 3.63) is 65.4 Å². The lowest BCUT2D eigenvalue weighted by molar-refractivity contribution is -0.0498. The van der Waals surface area contributed by atoms with Gasteiger partial charge in [0.2, 0.25) is 0 Å². The fourth-order valence-corrected chi connectivity index (χ4v) is 4.58. The van der Waals surface area contributed by atoms with E-state index in [1.807, 2.05) is 4.72 Å². The van der Waals surface area contributed by atoms with Crippen LogP contribution in [0.2, 0.25) is 0 Å². The fourth-order valence-electron chi connectivity index (χ4n) is 3.50. The molecule has 1 aliphatic rings. The summed E-state index contributed by atoms with van der Waals surface area (Å²) in [7, 11) is -4.65. The number of carboxylic acid groups (broad SMARTS) is 1. The normalized spacial score (nSPS) is 12.7. The molecule has 16 heteroatoms. The smallest absolute Gasteiger partial charge is 0.387 e. The van der Waals surface area contributed by atoms with Crippen molar-refractivity contribution >= 4 is 44.8 Å². The van der Waals surface area contributed by atoms with Gasteiger partial charge in [0.25, 0.3) is 15.9 Å². The zero-order chi connectivity index (χ0) is 27.1. The maximum absolute atomic E-state index is 15.4. The van der Waals surface area contributed by atoms with E-state index >= 15 is 4.39 Å². The molecule has 1 aromatic heterocycles. The van der Waals surface area contributed by atoms with Gasteiger partial charge in [0.15, 0.2) is 11.6 Å². The zero-order valence-electron chi connectivity index (χ0n) is 18.2. The highest BCUT2D eigenvalue weighted by molar-refractivity contribution is 7.92. The molecule has 0 saturated carbocycles. The topological polar surface area (TPSA) is 164 Å². The number of alkyl halides is 2. The van der Waals surface area contributed by atoms with Gasteiger partial charge in [0.1, 0.15) is 22.8 Å². The van der Waals surface area contributed by atoms with Crippen molar-refractivity contribution in [2.24, 2.45) is 5.73 Å². The van der Waals surface area contributed by atoms with Crippen molar-refractivity contribution in [1.82, 2.24) is 4.98 Å². The van der Waals surface area contributed by atoms with Crippen molar-refractivity contribution in [2.75, 3.05) is 21.6 Å². The number of anilines is 4. The standard InChI is InChI=1S/C21H15F4N5O6S/c22-12-6-13(30-8-28-19-14(30)5-9(7-27-19)20(32)33)17(16(23)15(12)18(26)31)29-37(34,35)11-3-1-10(2-4-11)36-21(24)25/h1-7,21,29H,8H2,(H2,26,31)(H,27,28)(H,32,33). The van der Waals surface area contributed by atoms with Crippen LogP contribution in [0, 0.1) is 11.6 Å². The highest BCUT2D eigenvalue weighted by Crippen LogP contribution is 2.42. The largest absolute Gasteiger partial charge is 0.478 e. The average Bonchev–Trinajstić information content (AvgIpc) is 3.23. The number of nitrogens with two attached hydrogens (primary N) is 1. The van der Waals surface area contributed by atoms with Gasteiger partial charge in [-0.2, -0.15) is 8.78 Å². The van der Waals surface area contributed by atoms with Gasteiger partial charge in [-0.25, -0.2) is 27.0 Å². The molecule has 0 aliphatic carbocycles. The number of nitrogens with zero attached hydrogens (tertiary/aromatic N) is 2. The minimum absolute atomic E-state index is 0.0412. The number of primary amides is 1. The number of hydrogen-bond acceptors (Lipinski definition) is 8. The van der Waals surface area contributed by atoms with Crippen LogP contribution in [0.1, 0.15) is 20.7 Å². The van der Waals surface area contributed by atoms with Crippen molar-refractivity contribution in [3.8, 4) is 5.75 Å². The number of carboxylic acids is 1. The number of rotatable bonds is 8. The third-order valence-electron chi connectivity index (χ3n) is 5.14. The lowest BCUT2D eigenvalue weighted by Crippen LogP contribution is -2.24. The first kappa shape index (κ1) is 25.5. The molecule has 0 saturated heterocycles. The van der Waals surface area contributed by atoms with Crippen LogP contribution < -0.4 is 25.4 Å². The number of pyridine rings is 1. The summed E-state index contributed by atoms with van der Waals surface area (Å²) < 4.78 is 87.0. The zero-order valence-corrected chi connectivity index (χ0v) is 19.0. The molecule has 11 nitrogen and oxygen atoms in total. The van der Waals surface area contributed by atoms with Gasteiger partial charge < -0.3 is 25.8 Å². The van der Waals surface area contributed by atoms with Crippen molar-refractivity contribution in [3.63, 3.8) is 0 Å². The van der Waals surface area contributed by atoms with Crippen LogP contribution in [0.25, 0.3) is 0 Å². The fraction of sp³-hybridized carbons (Fsp3) is 0.0952. The second-order valence-corrected chi connectivity index (χ2v) is 9.10. The maximum atomic E-state index is 15.4. The number of carbonyl (C=O) groups excluding carboxylic acids is 1. The van der Waals surface area contributed by atoms with E-state index in [1.54, 1.807) is 0 Å². The number of hydrogen-bond donors (Lipinski definition) is 4. The van der Waals surface area contributed by atoms with Crippen LogP contribution in [0.5, 0.6) is 5.75 Å². The first-order chi connectivity index (χ1) is 17.4. The van der Waals surface area contributed by atoms with Gasteiger partial charge in [-0.15, -0.1) is 0 Å². The minimum atomic E-state index is -4.65. The van der Waals surface area contributed by atoms with Crippen LogP contribution in [-0.4, -0.2) is 43.7 Å². The van der Waals surface area contributed by atoms with E-state index in [1.165, 1.54) is 0 Å². The molecule has 0 bridgehead atoms. The van der Waals surface area contributed by atoms with Crippen LogP contribution in [0.3, 0.4) is 0 Å². The Kier molecular flexibility index (Phi) is 6.51. The molecular formula is C21H15F4N5O6S. The molecular weight excluding hydrogens is 526 g/mol. The van der Waals surface area contributed by atoms with Gasteiger partial charge in [-0.05, 0) is 30.3 Å². The van der Waals surface area contributed by atoms with E-state index in [4.69, 9.17) is 5.73 Å². The van der Waals surface area contributed by atoms with Crippen molar-refractivity contribution in [2.45, 2.75) is 11.5 Å². The molecule has 0 atom stereocenters. The Morgan fingerprint density at radius 1 is 1.16 bits per heavy atom. The van der Waals surface area contributed by atoms with E-state index in [0.29, 0.717) is 6.07 Å². The van der Waals surface area contributed by atoms with Gasteiger partial charge in [0, 0.05) is 12.3 Å². The van der Waals surface area contributed by atoms with E-state index in [-0.39, 0.29) is 29.5 Å². The summed E-state index contributed by atoms with van der Waals surface area (Å²) >= 11 is 0. The second kappa shape index (κ2) is 9.45. The first-order valence-electron chi connectivity index (χ1n) is 10.0. The molecule has 37 heavy (non-hydrogen) atoms. The number of fused-ring (bicyclic) bond motifs is 1. The number of nitrogens with one attached hydrogen (secondary N) is 2. The summed E-state index contributed by atoms with van der Waals surface area (Å²) in [4.78, 5) is 27.6. The molecule has 3 aromatic rings. The van der Waals surface area contributed by atoms with Gasteiger partial charge in [0.05, 0.1) is 28.5 Å². The number of halogens is 4. The van der Waals surface area contributed by atoms with Crippen LogP contribution in [0.15, 0.2) is 47.5 Å². The molecule has 0 radical (unpaired) electrons. The van der Waals surface area contributed by atoms with Crippen LogP contribution >= 0.6 is 0 Å². The van der Waals surface area contributed by atoms with E-state index in [9.17, 15) is 36.3 Å².